The van der Waals surface area contributed by atoms with Gasteiger partial charge in [0, 0.05) is 6.42 Å². The van der Waals surface area contributed by atoms with E-state index in [4.69, 9.17) is 9.05 Å². The number of unbranched alkanes of at least 4 members (excludes halogenated alkanes) is 54. The van der Waals surface area contributed by atoms with Gasteiger partial charge in [-0.25, -0.2) is 0 Å². The van der Waals surface area contributed by atoms with Gasteiger partial charge in [-0.15, -0.1) is 0 Å². The van der Waals surface area contributed by atoms with Gasteiger partial charge in [-0.2, -0.15) is 0 Å². The number of aliphatic hydroxyl groups is 1. The van der Waals surface area contributed by atoms with Crippen LogP contribution in [0.4, 0.5) is 0 Å². The number of quaternary nitrogens is 1. The maximum absolute atomic E-state index is 13.1. The van der Waals surface area contributed by atoms with E-state index in [0.29, 0.717) is 17.4 Å². The highest BCUT2D eigenvalue weighted by Gasteiger charge is 2.23. The van der Waals surface area contributed by atoms with E-state index < -0.39 is 20.0 Å². The number of allylic oxidation sites excluding steroid dienone is 7. The summed E-state index contributed by atoms with van der Waals surface area (Å²) in [5.74, 6) is -0.190. The summed E-state index contributed by atoms with van der Waals surface area (Å²) >= 11 is 0. The fourth-order valence-corrected chi connectivity index (χ4v) is 12.7. The number of aliphatic hydroxyl groups excluding tert-OH is 1. The monoisotopic (exact) mass is 1260 g/mol. The van der Waals surface area contributed by atoms with Crippen LogP contribution in [0.2, 0.25) is 0 Å². The van der Waals surface area contributed by atoms with Crippen molar-refractivity contribution in [1.82, 2.24) is 5.32 Å². The molecule has 0 saturated heterocycles. The summed E-state index contributed by atoms with van der Waals surface area (Å²) < 4.78 is 23.5. The van der Waals surface area contributed by atoms with Crippen molar-refractivity contribution in [3.63, 3.8) is 0 Å². The SMILES string of the molecule is CCCCCCC/C=C\C/C=C\C/C=C\CCCCCCCCCCCCCCCCCCCCCCC(=O)NC(COP(=O)([O-])OCC[N+](C)(C)C)C(O)/C=C/CCCCCCCCCCCCCCCCCCCCCCCCCCCCCCC. The number of likely N-dealkylation sites (N-methyl/N-ethyl adjacent to an activating group) is 1. The standard InChI is InChI=1S/C79H153N2O6P/c1-6-8-10-12-14-16-18-20-22-24-26-28-30-32-34-36-38-39-40-41-43-45-47-49-51-53-55-57-59-61-63-65-67-69-71-73-79(83)80-77(76-87-88(84,85)86-75-74-81(3,4)5)78(82)72-70-68-66-64-62-60-58-56-54-52-50-48-46-44-42-37-35-33-31-29-27-25-23-21-19-17-15-13-11-9-7-2/h18,20,24,26,30,32,70,72,77-78,82H,6-17,19,21-23,25,27-29,31,33-69,71,73-76H2,1-5H3,(H-,80,83,84,85)/b20-18-,26-24-,32-30-,72-70+. The van der Waals surface area contributed by atoms with E-state index in [2.05, 4.69) is 55.6 Å². The Morgan fingerprint density at radius 3 is 0.955 bits per heavy atom. The Hall–Kier alpha value is -1.54. The molecule has 0 fully saturated rings. The van der Waals surface area contributed by atoms with E-state index in [-0.39, 0.29) is 19.1 Å². The molecule has 0 spiro atoms. The molecule has 2 N–H and O–H groups in total. The lowest BCUT2D eigenvalue weighted by Crippen LogP contribution is -2.45. The maximum Gasteiger partial charge on any atom is 0.268 e. The van der Waals surface area contributed by atoms with Crippen LogP contribution in [0.15, 0.2) is 48.6 Å². The third kappa shape index (κ3) is 71.9. The molecule has 0 aliphatic rings. The summed E-state index contributed by atoms with van der Waals surface area (Å²) in [4.78, 5) is 25.7. The van der Waals surface area contributed by atoms with Crippen LogP contribution in [0.1, 0.15) is 399 Å². The highest BCUT2D eigenvalue weighted by Crippen LogP contribution is 2.38. The molecule has 0 rings (SSSR count). The Morgan fingerprint density at radius 1 is 0.398 bits per heavy atom. The van der Waals surface area contributed by atoms with Gasteiger partial charge in [0.15, 0.2) is 0 Å². The summed E-state index contributed by atoms with van der Waals surface area (Å²) in [6.07, 6.45) is 95.5. The van der Waals surface area contributed by atoms with Gasteiger partial charge in [0.25, 0.3) is 7.82 Å². The van der Waals surface area contributed by atoms with E-state index in [9.17, 15) is 19.4 Å². The number of rotatable bonds is 73. The molecule has 1 amide bonds. The van der Waals surface area contributed by atoms with Crippen LogP contribution in [-0.2, 0) is 18.4 Å². The molecule has 520 valence electrons. The van der Waals surface area contributed by atoms with Gasteiger partial charge in [0.05, 0.1) is 39.9 Å². The van der Waals surface area contributed by atoms with Crippen LogP contribution in [0.3, 0.4) is 0 Å². The van der Waals surface area contributed by atoms with Crippen molar-refractivity contribution in [3.8, 4) is 0 Å². The first-order chi connectivity index (χ1) is 43.0. The quantitative estimate of drug-likeness (QED) is 0.0272. The molecule has 0 radical (unpaired) electrons. The predicted octanol–water partition coefficient (Wildman–Crippen LogP) is 24.7. The van der Waals surface area contributed by atoms with Crippen LogP contribution < -0.4 is 10.2 Å². The largest absolute Gasteiger partial charge is 0.756 e. The number of hydrogen-bond donors (Lipinski definition) is 2. The topological polar surface area (TPSA) is 108 Å². The zero-order valence-corrected chi connectivity index (χ0v) is 60.6. The van der Waals surface area contributed by atoms with E-state index in [1.54, 1.807) is 6.08 Å². The Balaban J connectivity index is 3.98. The average Bonchev–Trinajstić information content (AvgIpc) is 3.64. The minimum atomic E-state index is -4.61. The fourth-order valence-electron chi connectivity index (χ4n) is 12.0. The third-order valence-corrected chi connectivity index (χ3v) is 19.0. The summed E-state index contributed by atoms with van der Waals surface area (Å²) in [5, 5.41) is 14.0. The Labute approximate surface area is 549 Å². The van der Waals surface area contributed by atoms with Crippen molar-refractivity contribution in [2.24, 2.45) is 0 Å². The summed E-state index contributed by atoms with van der Waals surface area (Å²) in [7, 11) is 1.28. The number of nitrogens with zero attached hydrogens (tertiary/aromatic N) is 1. The van der Waals surface area contributed by atoms with E-state index in [1.165, 1.54) is 327 Å². The molecule has 9 heteroatoms. The summed E-state index contributed by atoms with van der Waals surface area (Å²) in [6, 6.07) is -0.888. The molecule has 0 bridgehead atoms. The average molecular weight is 1260 g/mol. The molecule has 0 aliphatic heterocycles. The van der Waals surface area contributed by atoms with Crippen molar-refractivity contribution in [3.05, 3.63) is 48.6 Å². The van der Waals surface area contributed by atoms with Gasteiger partial charge in [-0.3, -0.25) is 9.36 Å². The molecule has 8 nitrogen and oxygen atoms in total. The van der Waals surface area contributed by atoms with Gasteiger partial charge < -0.3 is 28.8 Å². The second kappa shape index (κ2) is 69.8. The number of carbonyl (C=O) groups excluding carboxylic acids is 1. The maximum atomic E-state index is 13.1. The third-order valence-electron chi connectivity index (χ3n) is 18.0. The van der Waals surface area contributed by atoms with Crippen LogP contribution in [0.25, 0.3) is 0 Å². The smallest absolute Gasteiger partial charge is 0.268 e. The van der Waals surface area contributed by atoms with Crippen molar-refractivity contribution < 1.29 is 32.9 Å². The van der Waals surface area contributed by atoms with Crippen molar-refractivity contribution in [1.29, 1.82) is 0 Å². The summed E-state index contributed by atoms with van der Waals surface area (Å²) in [5.41, 5.74) is 0. The summed E-state index contributed by atoms with van der Waals surface area (Å²) in [6.45, 7) is 4.70. The first kappa shape index (κ1) is 86.5. The zero-order valence-electron chi connectivity index (χ0n) is 59.7. The molecular weight excluding hydrogens is 1100 g/mol. The first-order valence-electron chi connectivity index (χ1n) is 39.0. The highest BCUT2D eigenvalue weighted by molar-refractivity contribution is 7.45. The zero-order chi connectivity index (χ0) is 64.1. The molecule has 88 heavy (non-hydrogen) atoms. The first-order valence-corrected chi connectivity index (χ1v) is 40.5. The minimum Gasteiger partial charge on any atom is -0.756 e. The number of phosphoric acid groups is 1. The molecule has 0 aromatic heterocycles. The molecule has 3 atom stereocenters. The number of nitrogens with one attached hydrogen (secondary N) is 1. The van der Waals surface area contributed by atoms with Crippen molar-refractivity contribution in [2.45, 2.75) is 411 Å². The van der Waals surface area contributed by atoms with Crippen molar-refractivity contribution >= 4 is 13.7 Å². The normalized spacial score (nSPS) is 13.8. The Morgan fingerprint density at radius 2 is 0.659 bits per heavy atom. The van der Waals surface area contributed by atoms with Gasteiger partial charge in [-0.05, 0) is 57.8 Å². The molecule has 0 aromatic carbocycles. The molecule has 0 aromatic rings. The molecule has 0 aliphatic carbocycles. The van der Waals surface area contributed by atoms with Crippen LogP contribution in [0.5, 0.6) is 0 Å². The second-order valence-electron chi connectivity index (χ2n) is 28.1. The molecule has 0 heterocycles. The van der Waals surface area contributed by atoms with Crippen molar-refractivity contribution in [2.75, 3.05) is 40.9 Å². The van der Waals surface area contributed by atoms with Gasteiger partial charge in [-0.1, -0.05) is 383 Å². The lowest BCUT2D eigenvalue weighted by atomic mass is 10.0. The predicted molar refractivity (Wildman–Crippen MR) is 385 cm³/mol. The van der Waals surface area contributed by atoms with Crippen LogP contribution >= 0.6 is 7.82 Å². The number of phosphoric ester groups is 1. The lowest BCUT2D eigenvalue weighted by Gasteiger charge is -2.29. The van der Waals surface area contributed by atoms with Gasteiger partial charge in [0.2, 0.25) is 5.91 Å². The number of carbonyl (C=O) groups is 1. The number of hydrogen-bond acceptors (Lipinski definition) is 6. The molecular formula is C79H153N2O6P. The van der Waals surface area contributed by atoms with Gasteiger partial charge in [0.1, 0.15) is 13.2 Å². The van der Waals surface area contributed by atoms with Gasteiger partial charge >= 0.3 is 0 Å². The Bertz CT molecular complexity index is 1580. The molecule has 0 saturated carbocycles. The lowest BCUT2D eigenvalue weighted by molar-refractivity contribution is -0.870. The van der Waals surface area contributed by atoms with E-state index >= 15 is 0 Å². The van der Waals surface area contributed by atoms with Crippen LogP contribution in [0, 0.1) is 0 Å². The Kier molecular flexibility index (Phi) is 68.6. The fraction of sp³-hybridized carbons (Fsp3) is 0.886. The van der Waals surface area contributed by atoms with E-state index in [0.717, 1.165) is 51.4 Å². The van der Waals surface area contributed by atoms with E-state index in [1.807, 2.05) is 27.2 Å². The highest BCUT2D eigenvalue weighted by atomic mass is 31.2. The minimum absolute atomic E-state index is 0.000610. The van der Waals surface area contributed by atoms with Crippen LogP contribution in [-0.4, -0.2) is 68.5 Å². The second-order valence-corrected chi connectivity index (χ2v) is 29.5. The number of amides is 1. The molecule has 3 unspecified atom stereocenters.